The second-order valence-corrected chi connectivity index (χ2v) is 13.8. The summed E-state index contributed by atoms with van der Waals surface area (Å²) >= 11 is 0. The van der Waals surface area contributed by atoms with Crippen LogP contribution in [0, 0.1) is 11.3 Å². The average molecular weight is 325 g/mol. The molecule has 3 nitrogen and oxygen atoms in total. The standard InChI is InChI=1S/C18H32O3Si/c1-16(2,3)22(7,8)21-18-10-9-13(12-15(19)20-6)11-14(18)17(18,4)5/h9,14H,10-12H2,1-8H3. The molecule has 0 spiro atoms. The van der Waals surface area contributed by atoms with Gasteiger partial charge in [-0.3, -0.25) is 4.79 Å². The summed E-state index contributed by atoms with van der Waals surface area (Å²) < 4.78 is 11.7. The Morgan fingerprint density at radius 1 is 1.36 bits per heavy atom. The molecule has 0 heterocycles. The Bertz CT molecular complexity index is 499. The Labute approximate surface area is 136 Å². The molecule has 2 unspecified atom stereocenters. The van der Waals surface area contributed by atoms with Gasteiger partial charge in [0.2, 0.25) is 0 Å². The first kappa shape index (κ1) is 17.7. The van der Waals surface area contributed by atoms with E-state index in [1.165, 1.54) is 12.7 Å². The van der Waals surface area contributed by atoms with Crippen LogP contribution >= 0.6 is 0 Å². The molecule has 2 aliphatic carbocycles. The summed E-state index contributed by atoms with van der Waals surface area (Å²) in [7, 11) is -0.338. The molecule has 0 saturated heterocycles. The van der Waals surface area contributed by atoms with E-state index in [4.69, 9.17) is 9.16 Å². The van der Waals surface area contributed by atoms with E-state index in [1.807, 2.05) is 0 Å². The van der Waals surface area contributed by atoms with Gasteiger partial charge in [0.05, 0.1) is 19.1 Å². The van der Waals surface area contributed by atoms with Gasteiger partial charge in [0.1, 0.15) is 0 Å². The van der Waals surface area contributed by atoms with Crippen molar-refractivity contribution in [2.45, 2.75) is 77.6 Å². The third kappa shape index (κ3) is 2.69. The Balaban J connectivity index is 2.17. The Morgan fingerprint density at radius 2 is 1.95 bits per heavy atom. The molecular weight excluding hydrogens is 292 g/mol. The fourth-order valence-electron chi connectivity index (χ4n) is 3.65. The summed E-state index contributed by atoms with van der Waals surface area (Å²) in [5.41, 5.74) is 1.39. The van der Waals surface area contributed by atoms with Crippen molar-refractivity contribution in [1.29, 1.82) is 0 Å². The van der Waals surface area contributed by atoms with Gasteiger partial charge in [-0.1, -0.05) is 46.3 Å². The van der Waals surface area contributed by atoms with Crippen LogP contribution in [-0.2, 0) is 14.0 Å². The lowest BCUT2D eigenvalue weighted by Crippen LogP contribution is -2.46. The molecule has 1 saturated carbocycles. The third-order valence-corrected chi connectivity index (χ3v) is 10.9. The van der Waals surface area contributed by atoms with Crippen molar-refractivity contribution in [3.63, 3.8) is 0 Å². The summed E-state index contributed by atoms with van der Waals surface area (Å²) in [5, 5.41) is 0.223. The van der Waals surface area contributed by atoms with Crippen molar-refractivity contribution in [3.8, 4) is 0 Å². The molecule has 126 valence electrons. The van der Waals surface area contributed by atoms with Crippen LogP contribution < -0.4 is 0 Å². The van der Waals surface area contributed by atoms with E-state index < -0.39 is 8.32 Å². The number of fused-ring (bicyclic) bond motifs is 1. The molecule has 0 aromatic carbocycles. The van der Waals surface area contributed by atoms with Crippen LogP contribution in [0.5, 0.6) is 0 Å². The van der Waals surface area contributed by atoms with Crippen molar-refractivity contribution in [3.05, 3.63) is 11.6 Å². The number of methoxy groups -OCH3 is 1. The maximum absolute atomic E-state index is 11.5. The summed E-state index contributed by atoms with van der Waals surface area (Å²) in [5.74, 6) is 0.390. The van der Waals surface area contributed by atoms with Crippen molar-refractivity contribution >= 4 is 14.3 Å². The van der Waals surface area contributed by atoms with E-state index in [2.05, 4.69) is 53.8 Å². The van der Waals surface area contributed by atoms with Crippen LogP contribution in [0.15, 0.2) is 11.6 Å². The number of hydrogen-bond acceptors (Lipinski definition) is 3. The number of ether oxygens (including phenoxy) is 1. The van der Waals surface area contributed by atoms with Gasteiger partial charge in [-0.2, -0.15) is 0 Å². The third-order valence-electron chi connectivity index (χ3n) is 6.44. The van der Waals surface area contributed by atoms with Crippen molar-refractivity contribution < 1.29 is 14.0 Å². The first-order chi connectivity index (χ1) is 9.87. The van der Waals surface area contributed by atoms with E-state index in [-0.39, 0.29) is 22.0 Å². The van der Waals surface area contributed by atoms with Gasteiger partial charge in [0.15, 0.2) is 8.32 Å². The van der Waals surface area contributed by atoms with Crippen LogP contribution in [0.4, 0.5) is 0 Å². The van der Waals surface area contributed by atoms with Gasteiger partial charge < -0.3 is 9.16 Å². The van der Waals surface area contributed by atoms with Gasteiger partial charge in [-0.05, 0) is 42.3 Å². The first-order valence-corrected chi connectivity index (χ1v) is 11.2. The molecule has 0 bridgehead atoms. The molecule has 0 aromatic heterocycles. The zero-order valence-corrected chi connectivity index (χ0v) is 16.5. The minimum absolute atomic E-state index is 0.0182. The lowest BCUT2D eigenvalue weighted by atomic mass is 9.95. The summed E-state index contributed by atoms with van der Waals surface area (Å²) in [6.07, 6.45) is 4.56. The highest BCUT2D eigenvalue weighted by atomic mass is 28.4. The van der Waals surface area contributed by atoms with Crippen LogP contribution in [0.25, 0.3) is 0 Å². The largest absolute Gasteiger partial charge is 0.469 e. The summed E-state index contributed by atoms with van der Waals surface area (Å²) in [6.45, 7) is 16.2. The molecule has 2 rings (SSSR count). The predicted molar refractivity (Wildman–Crippen MR) is 92.2 cm³/mol. The Kier molecular flexibility index (Phi) is 4.19. The molecular formula is C18H32O3Si. The highest BCUT2D eigenvalue weighted by molar-refractivity contribution is 6.74. The highest BCUT2D eigenvalue weighted by Gasteiger charge is 2.73. The van der Waals surface area contributed by atoms with Gasteiger partial charge >= 0.3 is 5.97 Å². The minimum atomic E-state index is -1.79. The number of carbonyl (C=O) groups excluding carboxylic acids is 1. The molecule has 1 fully saturated rings. The van der Waals surface area contributed by atoms with Crippen molar-refractivity contribution in [2.75, 3.05) is 7.11 Å². The smallest absolute Gasteiger partial charge is 0.309 e. The van der Waals surface area contributed by atoms with E-state index in [0.29, 0.717) is 12.3 Å². The predicted octanol–water partition coefficient (Wildman–Crippen LogP) is 4.69. The number of carbonyl (C=O) groups is 1. The topological polar surface area (TPSA) is 35.5 Å². The normalized spacial score (nSPS) is 30.4. The quantitative estimate of drug-likeness (QED) is 0.428. The number of hydrogen-bond donors (Lipinski definition) is 0. The lowest BCUT2D eigenvalue weighted by molar-refractivity contribution is -0.139. The fraction of sp³-hybridized carbons (Fsp3) is 0.833. The zero-order chi connectivity index (χ0) is 17.0. The molecule has 0 amide bonds. The monoisotopic (exact) mass is 324 g/mol. The fourth-order valence-corrected chi connectivity index (χ4v) is 5.35. The second-order valence-electron chi connectivity index (χ2n) is 9.05. The summed E-state index contributed by atoms with van der Waals surface area (Å²) in [4.78, 5) is 11.5. The molecule has 22 heavy (non-hydrogen) atoms. The van der Waals surface area contributed by atoms with Crippen LogP contribution in [0.1, 0.15) is 53.9 Å². The van der Waals surface area contributed by atoms with Crippen molar-refractivity contribution in [1.82, 2.24) is 0 Å². The van der Waals surface area contributed by atoms with Crippen molar-refractivity contribution in [2.24, 2.45) is 11.3 Å². The second kappa shape index (κ2) is 5.20. The van der Waals surface area contributed by atoms with Gasteiger partial charge in [-0.15, -0.1) is 0 Å². The summed E-state index contributed by atoms with van der Waals surface area (Å²) in [6, 6.07) is 0. The number of rotatable bonds is 4. The Hall–Kier alpha value is -0.613. The zero-order valence-electron chi connectivity index (χ0n) is 15.5. The first-order valence-electron chi connectivity index (χ1n) is 8.32. The van der Waals surface area contributed by atoms with Crippen LogP contribution in [0.2, 0.25) is 18.1 Å². The van der Waals surface area contributed by atoms with Gasteiger partial charge in [0, 0.05) is 0 Å². The lowest BCUT2D eigenvalue weighted by Gasteiger charge is -2.41. The molecule has 2 atom stereocenters. The van der Waals surface area contributed by atoms with E-state index in [9.17, 15) is 4.79 Å². The van der Waals surface area contributed by atoms with E-state index in [1.54, 1.807) is 0 Å². The maximum Gasteiger partial charge on any atom is 0.309 e. The highest BCUT2D eigenvalue weighted by Crippen LogP contribution is 2.71. The molecule has 0 aromatic rings. The van der Waals surface area contributed by atoms with Crippen LogP contribution in [-0.4, -0.2) is 27.0 Å². The SMILES string of the molecule is COC(=O)CC1=CCC2(O[Si](C)(C)C(C)(C)C)C(C1)C2(C)C. The molecule has 0 N–H and O–H groups in total. The molecule has 0 aliphatic heterocycles. The Morgan fingerprint density at radius 3 is 2.41 bits per heavy atom. The molecule has 0 radical (unpaired) electrons. The number of esters is 1. The average Bonchev–Trinajstić information content (AvgIpc) is 2.83. The van der Waals surface area contributed by atoms with Crippen LogP contribution in [0.3, 0.4) is 0 Å². The van der Waals surface area contributed by atoms with E-state index >= 15 is 0 Å². The minimum Gasteiger partial charge on any atom is -0.469 e. The van der Waals surface area contributed by atoms with E-state index in [0.717, 1.165) is 12.8 Å². The molecule has 2 aliphatic rings. The maximum atomic E-state index is 11.5. The van der Waals surface area contributed by atoms with Gasteiger partial charge in [0.25, 0.3) is 0 Å². The van der Waals surface area contributed by atoms with Gasteiger partial charge in [-0.25, -0.2) is 0 Å². The molecule has 4 heteroatoms.